The number of aromatic amines is 1. The first-order valence-electron chi connectivity index (χ1n) is 10.9. The Labute approximate surface area is 208 Å². The van der Waals surface area contributed by atoms with Gasteiger partial charge in [0.15, 0.2) is 5.96 Å². The van der Waals surface area contributed by atoms with Crippen LogP contribution in [0.25, 0.3) is 11.3 Å². The van der Waals surface area contributed by atoms with Gasteiger partial charge in [-0.25, -0.2) is 4.98 Å². The first-order valence-corrected chi connectivity index (χ1v) is 10.9. The summed E-state index contributed by atoms with van der Waals surface area (Å²) in [5.74, 6) is 1.78. The zero-order chi connectivity index (χ0) is 21.7. The molecule has 0 amide bonds. The van der Waals surface area contributed by atoms with Gasteiger partial charge in [-0.15, -0.1) is 24.0 Å². The van der Waals surface area contributed by atoms with E-state index < -0.39 is 0 Å². The van der Waals surface area contributed by atoms with Crippen LogP contribution in [0.2, 0.25) is 0 Å². The van der Waals surface area contributed by atoms with Gasteiger partial charge < -0.3 is 19.9 Å². The van der Waals surface area contributed by atoms with Gasteiger partial charge in [0.05, 0.1) is 25.0 Å². The second kappa shape index (κ2) is 14.6. The third-order valence-corrected chi connectivity index (χ3v) is 5.05. The zero-order valence-corrected chi connectivity index (χ0v) is 21.3. The van der Waals surface area contributed by atoms with Gasteiger partial charge in [-0.2, -0.15) is 0 Å². The topological polar surface area (TPSA) is 65.5 Å². The monoisotopic (exact) mass is 547 g/mol. The van der Waals surface area contributed by atoms with Crippen molar-refractivity contribution in [3.63, 3.8) is 0 Å². The van der Waals surface area contributed by atoms with Gasteiger partial charge >= 0.3 is 0 Å². The molecule has 0 saturated heterocycles. The second-order valence-electron chi connectivity index (χ2n) is 7.49. The maximum atomic E-state index is 5.76. The third-order valence-electron chi connectivity index (χ3n) is 5.05. The average molecular weight is 547 g/mol. The van der Waals surface area contributed by atoms with Crippen molar-refractivity contribution in [2.24, 2.45) is 4.99 Å². The molecule has 0 spiro atoms. The number of hydrogen-bond donors (Lipinski definition) is 2. The highest BCUT2D eigenvalue weighted by molar-refractivity contribution is 14.0. The van der Waals surface area contributed by atoms with Gasteiger partial charge in [0.25, 0.3) is 0 Å². The van der Waals surface area contributed by atoms with E-state index in [1.165, 1.54) is 5.56 Å². The number of hydrogen-bond acceptors (Lipinski definition) is 3. The predicted octanol–water partition coefficient (Wildman–Crippen LogP) is 4.74. The third kappa shape index (κ3) is 8.63. The summed E-state index contributed by atoms with van der Waals surface area (Å²) >= 11 is 0. The van der Waals surface area contributed by atoms with E-state index in [9.17, 15) is 0 Å². The number of aliphatic imine (C=N–C) groups is 1. The molecular formula is C25H34IN5O. The van der Waals surface area contributed by atoms with Crippen molar-refractivity contribution in [3.05, 3.63) is 78.2 Å². The van der Waals surface area contributed by atoms with Crippen LogP contribution in [0.1, 0.15) is 24.2 Å². The summed E-state index contributed by atoms with van der Waals surface area (Å²) in [5.41, 5.74) is 3.49. The Morgan fingerprint density at radius 3 is 2.47 bits per heavy atom. The predicted molar refractivity (Wildman–Crippen MR) is 142 cm³/mol. The van der Waals surface area contributed by atoms with Crippen LogP contribution in [-0.2, 0) is 17.7 Å². The number of H-pyrrole nitrogens is 1. The quantitative estimate of drug-likeness (QED) is 0.158. The molecule has 7 heteroatoms. The normalized spacial score (nSPS) is 11.1. The van der Waals surface area contributed by atoms with Crippen LogP contribution in [0.4, 0.5) is 0 Å². The average Bonchev–Trinajstić information content (AvgIpc) is 3.28. The summed E-state index contributed by atoms with van der Waals surface area (Å²) in [6.45, 7) is 3.09. The van der Waals surface area contributed by atoms with Crippen LogP contribution in [0.5, 0.6) is 0 Å². The molecule has 0 bridgehead atoms. The molecule has 32 heavy (non-hydrogen) atoms. The molecule has 0 aliphatic rings. The number of rotatable bonds is 11. The summed E-state index contributed by atoms with van der Waals surface area (Å²) in [6.07, 6.45) is 4.92. The van der Waals surface area contributed by atoms with Crippen molar-refractivity contribution in [1.82, 2.24) is 20.2 Å². The van der Waals surface area contributed by atoms with E-state index in [0.29, 0.717) is 6.54 Å². The maximum Gasteiger partial charge on any atom is 0.193 e. The molecule has 1 heterocycles. The number of benzene rings is 2. The first-order chi connectivity index (χ1) is 15.3. The number of imidazole rings is 1. The highest BCUT2D eigenvalue weighted by Crippen LogP contribution is 2.16. The molecule has 1 aromatic heterocycles. The number of nitrogens with one attached hydrogen (secondary N) is 2. The van der Waals surface area contributed by atoms with E-state index in [4.69, 9.17) is 4.74 Å². The lowest BCUT2D eigenvalue weighted by Gasteiger charge is -2.21. The molecule has 0 saturated carbocycles. The lowest BCUT2D eigenvalue weighted by atomic mass is 10.2. The Morgan fingerprint density at radius 1 is 1.03 bits per heavy atom. The molecule has 0 unspecified atom stereocenters. The molecule has 0 fully saturated rings. The minimum Gasteiger partial charge on any atom is -0.381 e. The molecule has 0 aliphatic carbocycles. The van der Waals surface area contributed by atoms with Crippen LogP contribution < -0.4 is 5.32 Å². The Bertz CT molecular complexity index is 914. The van der Waals surface area contributed by atoms with E-state index >= 15 is 0 Å². The lowest BCUT2D eigenvalue weighted by Crippen LogP contribution is -2.39. The molecular weight excluding hydrogens is 513 g/mol. The summed E-state index contributed by atoms with van der Waals surface area (Å²) < 4.78 is 5.76. The number of nitrogens with zero attached hydrogens (tertiary/aromatic N) is 3. The van der Waals surface area contributed by atoms with Crippen molar-refractivity contribution in [1.29, 1.82) is 0 Å². The SMILES string of the molecule is CN=C(NCCCCOCCc1ccccc1)N(C)Cc1ncc(-c2ccccc2)[nH]1.I. The molecule has 0 radical (unpaired) electrons. The smallest absolute Gasteiger partial charge is 0.193 e. The molecule has 2 aromatic carbocycles. The Kier molecular flexibility index (Phi) is 11.8. The van der Waals surface area contributed by atoms with Crippen molar-refractivity contribution < 1.29 is 4.74 Å². The summed E-state index contributed by atoms with van der Waals surface area (Å²) in [5, 5.41) is 3.42. The van der Waals surface area contributed by atoms with E-state index in [1.807, 2.05) is 44.6 Å². The standard InChI is InChI=1S/C25H33N5O.HI/c1-26-25(27-16-9-10-17-31-18-15-21-11-5-3-6-12-21)30(2)20-24-28-19-23(29-24)22-13-7-4-8-14-22;/h3-8,11-14,19H,9-10,15-18,20H2,1-2H3,(H,26,27)(H,28,29);1H. The van der Waals surface area contributed by atoms with E-state index in [1.54, 1.807) is 0 Å². The van der Waals surface area contributed by atoms with Gasteiger partial charge in [0.2, 0.25) is 0 Å². The van der Waals surface area contributed by atoms with Crippen molar-refractivity contribution in [2.45, 2.75) is 25.8 Å². The Balaban J connectivity index is 0.00000363. The number of unbranched alkanes of at least 4 members (excludes halogenated alkanes) is 1. The maximum absolute atomic E-state index is 5.76. The number of guanidine groups is 1. The summed E-state index contributed by atoms with van der Waals surface area (Å²) in [6, 6.07) is 20.7. The van der Waals surface area contributed by atoms with Crippen LogP contribution >= 0.6 is 24.0 Å². The fourth-order valence-corrected chi connectivity index (χ4v) is 3.36. The Hall–Kier alpha value is -2.39. The van der Waals surface area contributed by atoms with Gasteiger partial charge in [-0.05, 0) is 30.4 Å². The lowest BCUT2D eigenvalue weighted by molar-refractivity contribution is 0.133. The van der Waals surface area contributed by atoms with E-state index in [2.05, 4.69) is 61.6 Å². The largest absolute Gasteiger partial charge is 0.381 e. The van der Waals surface area contributed by atoms with E-state index in [-0.39, 0.29) is 24.0 Å². The fourth-order valence-electron chi connectivity index (χ4n) is 3.36. The minimum absolute atomic E-state index is 0. The Morgan fingerprint density at radius 2 is 1.75 bits per heavy atom. The van der Waals surface area contributed by atoms with Crippen LogP contribution in [-0.4, -0.2) is 54.7 Å². The van der Waals surface area contributed by atoms with Crippen LogP contribution in [0.15, 0.2) is 71.9 Å². The van der Waals surface area contributed by atoms with Gasteiger partial charge in [0.1, 0.15) is 5.82 Å². The molecule has 3 aromatic rings. The zero-order valence-electron chi connectivity index (χ0n) is 19.0. The molecule has 2 N–H and O–H groups in total. The number of ether oxygens (including phenoxy) is 1. The van der Waals surface area contributed by atoms with Crippen LogP contribution in [0.3, 0.4) is 0 Å². The van der Waals surface area contributed by atoms with Crippen LogP contribution in [0, 0.1) is 0 Å². The fraction of sp³-hybridized carbons (Fsp3) is 0.360. The number of halogens is 1. The van der Waals surface area contributed by atoms with Crippen molar-refractivity contribution in [3.8, 4) is 11.3 Å². The second-order valence-corrected chi connectivity index (χ2v) is 7.49. The number of aromatic nitrogens is 2. The first kappa shape index (κ1) is 25.9. The highest BCUT2D eigenvalue weighted by atomic mass is 127. The minimum atomic E-state index is 0. The van der Waals surface area contributed by atoms with Gasteiger partial charge in [-0.1, -0.05) is 60.7 Å². The van der Waals surface area contributed by atoms with Crippen molar-refractivity contribution in [2.75, 3.05) is 33.9 Å². The molecule has 0 aliphatic heterocycles. The molecule has 6 nitrogen and oxygen atoms in total. The summed E-state index contributed by atoms with van der Waals surface area (Å²) in [4.78, 5) is 14.4. The molecule has 3 rings (SSSR count). The highest BCUT2D eigenvalue weighted by Gasteiger charge is 2.09. The molecule has 0 atom stereocenters. The molecule has 172 valence electrons. The van der Waals surface area contributed by atoms with E-state index in [0.717, 1.165) is 62.1 Å². The van der Waals surface area contributed by atoms with Gasteiger partial charge in [0, 0.05) is 27.2 Å². The van der Waals surface area contributed by atoms with Gasteiger partial charge in [-0.3, -0.25) is 4.99 Å². The van der Waals surface area contributed by atoms with Crippen molar-refractivity contribution >= 4 is 29.9 Å². The summed E-state index contributed by atoms with van der Waals surface area (Å²) in [7, 11) is 3.83.